The summed E-state index contributed by atoms with van der Waals surface area (Å²) in [5, 5.41) is 0. The largest absolute Gasteiger partial charge is 0.477 e. The Bertz CT molecular complexity index is 355. The van der Waals surface area contributed by atoms with E-state index >= 15 is 0 Å². The van der Waals surface area contributed by atoms with Crippen LogP contribution in [0, 0.1) is 3.57 Å². The number of aromatic nitrogens is 1. The van der Waals surface area contributed by atoms with Crippen molar-refractivity contribution < 1.29 is 14.3 Å². The molecule has 0 saturated carbocycles. The number of pyridine rings is 1. The number of esters is 1. The standard InChI is InChI=1S/C10H12INO3/c1-3-14-9-8(10(13)15-4-2)5-7(11)6-12-9/h5-6H,3-4H2,1-2H3. The fraction of sp³-hybridized carbons (Fsp3) is 0.400. The van der Waals surface area contributed by atoms with Crippen molar-refractivity contribution in [1.82, 2.24) is 4.98 Å². The molecule has 1 rings (SSSR count). The van der Waals surface area contributed by atoms with Crippen LogP contribution in [0.3, 0.4) is 0 Å². The van der Waals surface area contributed by atoms with Gasteiger partial charge in [-0.2, -0.15) is 0 Å². The molecule has 0 saturated heterocycles. The van der Waals surface area contributed by atoms with Gasteiger partial charge in [-0.3, -0.25) is 0 Å². The summed E-state index contributed by atoms with van der Waals surface area (Å²) in [6.45, 7) is 4.42. The van der Waals surface area contributed by atoms with E-state index in [0.717, 1.165) is 3.57 Å². The van der Waals surface area contributed by atoms with E-state index < -0.39 is 5.97 Å². The van der Waals surface area contributed by atoms with Crippen molar-refractivity contribution >= 4 is 28.6 Å². The minimum Gasteiger partial charge on any atom is -0.477 e. The van der Waals surface area contributed by atoms with Crippen LogP contribution in [-0.2, 0) is 4.74 Å². The molecule has 0 aromatic carbocycles. The predicted molar refractivity (Wildman–Crippen MR) is 64.1 cm³/mol. The van der Waals surface area contributed by atoms with Gasteiger partial charge in [-0.25, -0.2) is 9.78 Å². The zero-order valence-corrected chi connectivity index (χ0v) is 10.8. The maximum Gasteiger partial charge on any atom is 0.343 e. The number of hydrogen-bond acceptors (Lipinski definition) is 4. The van der Waals surface area contributed by atoms with Crippen LogP contribution in [0.2, 0.25) is 0 Å². The van der Waals surface area contributed by atoms with Crippen LogP contribution in [0.1, 0.15) is 24.2 Å². The first-order chi connectivity index (χ1) is 7.19. The number of hydrogen-bond donors (Lipinski definition) is 0. The van der Waals surface area contributed by atoms with E-state index in [-0.39, 0.29) is 0 Å². The summed E-state index contributed by atoms with van der Waals surface area (Å²) in [6, 6.07) is 1.70. The molecule has 4 nitrogen and oxygen atoms in total. The van der Waals surface area contributed by atoms with Crippen molar-refractivity contribution in [3.8, 4) is 5.88 Å². The highest BCUT2D eigenvalue weighted by molar-refractivity contribution is 14.1. The summed E-state index contributed by atoms with van der Waals surface area (Å²) in [5.41, 5.74) is 0.380. The third-order valence-corrected chi connectivity index (χ3v) is 2.18. The quantitative estimate of drug-likeness (QED) is 0.630. The highest BCUT2D eigenvalue weighted by Crippen LogP contribution is 2.18. The Morgan fingerprint density at radius 3 is 2.80 bits per heavy atom. The van der Waals surface area contributed by atoms with Gasteiger partial charge in [-0.15, -0.1) is 0 Å². The minimum atomic E-state index is -0.396. The summed E-state index contributed by atoms with van der Waals surface area (Å²) in [4.78, 5) is 15.6. The van der Waals surface area contributed by atoms with Crippen LogP contribution in [0.4, 0.5) is 0 Å². The van der Waals surface area contributed by atoms with Crippen molar-refractivity contribution in [3.63, 3.8) is 0 Å². The Labute approximate surface area is 102 Å². The van der Waals surface area contributed by atoms with Crippen LogP contribution in [0.15, 0.2) is 12.3 Å². The molecule has 1 aromatic rings. The van der Waals surface area contributed by atoms with Gasteiger partial charge in [0.1, 0.15) is 5.56 Å². The second-order valence-electron chi connectivity index (χ2n) is 2.66. The zero-order chi connectivity index (χ0) is 11.3. The lowest BCUT2D eigenvalue weighted by molar-refractivity contribution is 0.0521. The first kappa shape index (κ1) is 12.2. The average molecular weight is 321 g/mol. The monoisotopic (exact) mass is 321 g/mol. The van der Waals surface area contributed by atoms with Gasteiger partial charge in [-0.05, 0) is 42.5 Å². The van der Waals surface area contributed by atoms with Crippen LogP contribution < -0.4 is 4.74 Å². The Kier molecular flexibility index (Phi) is 4.80. The van der Waals surface area contributed by atoms with Gasteiger partial charge < -0.3 is 9.47 Å². The maximum atomic E-state index is 11.5. The molecule has 0 aliphatic heterocycles. The molecule has 0 aliphatic rings. The molecule has 0 bridgehead atoms. The number of ether oxygens (including phenoxy) is 2. The highest BCUT2D eigenvalue weighted by Gasteiger charge is 2.15. The smallest absolute Gasteiger partial charge is 0.343 e. The lowest BCUT2D eigenvalue weighted by atomic mass is 10.3. The fourth-order valence-corrected chi connectivity index (χ4v) is 1.48. The molecule has 0 amide bonds. The number of halogens is 1. The molecule has 0 spiro atoms. The van der Waals surface area contributed by atoms with Crippen molar-refractivity contribution in [3.05, 3.63) is 21.4 Å². The van der Waals surface area contributed by atoms with E-state index in [1.54, 1.807) is 19.2 Å². The van der Waals surface area contributed by atoms with E-state index in [1.165, 1.54) is 0 Å². The first-order valence-electron chi connectivity index (χ1n) is 4.64. The third-order valence-electron chi connectivity index (χ3n) is 1.59. The van der Waals surface area contributed by atoms with E-state index in [2.05, 4.69) is 27.6 Å². The maximum absolute atomic E-state index is 11.5. The minimum absolute atomic E-state index is 0.330. The Hall–Kier alpha value is -0.850. The van der Waals surface area contributed by atoms with E-state index in [1.807, 2.05) is 6.92 Å². The summed E-state index contributed by atoms with van der Waals surface area (Å²) in [7, 11) is 0. The first-order valence-corrected chi connectivity index (χ1v) is 5.72. The van der Waals surface area contributed by atoms with Crippen LogP contribution in [-0.4, -0.2) is 24.2 Å². The molecule has 0 fully saturated rings. The van der Waals surface area contributed by atoms with Crippen molar-refractivity contribution in [2.45, 2.75) is 13.8 Å². The molecule has 0 aliphatic carbocycles. The fourth-order valence-electron chi connectivity index (χ4n) is 1.03. The predicted octanol–water partition coefficient (Wildman–Crippen LogP) is 2.26. The third kappa shape index (κ3) is 3.33. The SMILES string of the molecule is CCOC(=O)c1cc(I)cnc1OCC. The van der Waals surface area contributed by atoms with Gasteiger partial charge in [0, 0.05) is 9.77 Å². The number of carbonyl (C=O) groups is 1. The molecule has 0 unspecified atom stereocenters. The average Bonchev–Trinajstić information content (AvgIpc) is 2.21. The topological polar surface area (TPSA) is 48.4 Å². The number of carbonyl (C=O) groups excluding carboxylic acids is 1. The second-order valence-corrected chi connectivity index (χ2v) is 3.91. The summed E-state index contributed by atoms with van der Waals surface area (Å²) in [5.74, 6) is -0.0664. The number of rotatable bonds is 4. The lowest BCUT2D eigenvalue weighted by Crippen LogP contribution is -2.09. The molecule has 15 heavy (non-hydrogen) atoms. The Balaban J connectivity index is 3.00. The zero-order valence-electron chi connectivity index (χ0n) is 8.62. The van der Waals surface area contributed by atoms with E-state index in [9.17, 15) is 4.79 Å². The Morgan fingerprint density at radius 2 is 2.20 bits per heavy atom. The van der Waals surface area contributed by atoms with Crippen LogP contribution >= 0.6 is 22.6 Å². The van der Waals surface area contributed by atoms with Gasteiger partial charge in [0.15, 0.2) is 0 Å². The summed E-state index contributed by atoms with van der Waals surface area (Å²) < 4.78 is 11.0. The molecule has 0 N–H and O–H groups in total. The van der Waals surface area contributed by atoms with Gasteiger partial charge in [0.05, 0.1) is 13.2 Å². The summed E-state index contributed by atoms with van der Waals surface area (Å²) in [6.07, 6.45) is 1.65. The molecule has 82 valence electrons. The number of nitrogens with zero attached hydrogens (tertiary/aromatic N) is 1. The summed E-state index contributed by atoms with van der Waals surface area (Å²) >= 11 is 2.09. The molecule has 0 radical (unpaired) electrons. The molecule has 0 atom stereocenters. The van der Waals surface area contributed by atoms with Gasteiger partial charge >= 0.3 is 5.97 Å². The van der Waals surface area contributed by atoms with E-state index in [4.69, 9.17) is 9.47 Å². The van der Waals surface area contributed by atoms with Crippen LogP contribution in [0.25, 0.3) is 0 Å². The van der Waals surface area contributed by atoms with Gasteiger partial charge in [0.25, 0.3) is 0 Å². The van der Waals surface area contributed by atoms with Crippen LogP contribution in [0.5, 0.6) is 5.88 Å². The van der Waals surface area contributed by atoms with Gasteiger partial charge in [0.2, 0.25) is 5.88 Å². The highest BCUT2D eigenvalue weighted by atomic mass is 127. The lowest BCUT2D eigenvalue weighted by Gasteiger charge is -2.08. The van der Waals surface area contributed by atoms with Gasteiger partial charge in [-0.1, -0.05) is 0 Å². The van der Waals surface area contributed by atoms with Crippen molar-refractivity contribution in [2.75, 3.05) is 13.2 Å². The molecule has 1 heterocycles. The van der Waals surface area contributed by atoms with Crippen molar-refractivity contribution in [2.24, 2.45) is 0 Å². The molecule has 1 aromatic heterocycles. The molecular formula is C10H12INO3. The van der Waals surface area contributed by atoms with E-state index in [0.29, 0.717) is 24.7 Å². The molecular weight excluding hydrogens is 309 g/mol. The van der Waals surface area contributed by atoms with Crippen molar-refractivity contribution in [1.29, 1.82) is 0 Å². The second kappa shape index (κ2) is 5.89. The Morgan fingerprint density at radius 1 is 1.47 bits per heavy atom. The normalized spacial score (nSPS) is 9.80. The molecule has 5 heteroatoms.